The van der Waals surface area contributed by atoms with Crippen LogP contribution in [0.15, 0.2) is 5.38 Å². The molecule has 0 radical (unpaired) electrons. The molecular formula is C12H20N4OS. The molecule has 0 atom stereocenters. The van der Waals surface area contributed by atoms with Crippen molar-refractivity contribution in [2.45, 2.75) is 26.4 Å². The van der Waals surface area contributed by atoms with Crippen molar-refractivity contribution in [1.82, 2.24) is 14.8 Å². The molecule has 2 heterocycles. The number of hydrogen-bond acceptors (Lipinski definition) is 5. The van der Waals surface area contributed by atoms with Gasteiger partial charge in [0.25, 0.3) is 5.91 Å². The maximum absolute atomic E-state index is 11.0. The van der Waals surface area contributed by atoms with Crippen LogP contribution in [0.5, 0.6) is 0 Å². The molecule has 1 aromatic rings. The average Bonchev–Trinajstić information content (AvgIpc) is 2.78. The predicted octanol–water partition coefficient (Wildman–Crippen LogP) is 0.768. The topological polar surface area (TPSA) is 62.5 Å². The number of hydrogen-bond donors (Lipinski definition) is 1. The zero-order valence-corrected chi connectivity index (χ0v) is 11.7. The molecule has 1 amide bonds. The number of carbonyl (C=O) groups excluding carboxylic acids is 1. The van der Waals surface area contributed by atoms with Crippen LogP contribution in [0.25, 0.3) is 0 Å². The first-order chi connectivity index (χ1) is 8.56. The van der Waals surface area contributed by atoms with E-state index in [2.05, 4.69) is 28.6 Å². The second-order valence-electron chi connectivity index (χ2n) is 4.90. The van der Waals surface area contributed by atoms with Gasteiger partial charge in [0.2, 0.25) is 0 Å². The second kappa shape index (κ2) is 5.77. The highest BCUT2D eigenvalue weighted by Gasteiger charge is 2.19. The third kappa shape index (κ3) is 3.28. The van der Waals surface area contributed by atoms with Gasteiger partial charge in [0, 0.05) is 37.6 Å². The smallest absolute Gasteiger partial charge is 0.268 e. The fraction of sp³-hybridized carbons (Fsp3) is 0.667. The van der Waals surface area contributed by atoms with Gasteiger partial charge in [-0.3, -0.25) is 14.6 Å². The first kappa shape index (κ1) is 13.5. The van der Waals surface area contributed by atoms with E-state index < -0.39 is 5.91 Å². The number of aromatic nitrogens is 1. The molecule has 2 N–H and O–H groups in total. The maximum atomic E-state index is 11.0. The second-order valence-corrected chi connectivity index (χ2v) is 5.84. The van der Waals surface area contributed by atoms with E-state index in [0.29, 0.717) is 11.7 Å². The van der Waals surface area contributed by atoms with Crippen molar-refractivity contribution in [2.75, 3.05) is 26.2 Å². The number of rotatable bonds is 4. The lowest BCUT2D eigenvalue weighted by atomic mass is 10.2. The molecule has 1 saturated heterocycles. The molecule has 5 nitrogen and oxygen atoms in total. The van der Waals surface area contributed by atoms with E-state index in [0.717, 1.165) is 37.7 Å². The SMILES string of the molecule is CC(C)N1CCN(Cc2nc(C(N)=O)cs2)CC1. The summed E-state index contributed by atoms with van der Waals surface area (Å²) in [6.07, 6.45) is 0. The fourth-order valence-corrected chi connectivity index (χ4v) is 2.95. The number of piperazine rings is 1. The monoisotopic (exact) mass is 268 g/mol. The Morgan fingerprint density at radius 3 is 2.61 bits per heavy atom. The van der Waals surface area contributed by atoms with Gasteiger partial charge >= 0.3 is 0 Å². The third-order valence-electron chi connectivity index (χ3n) is 3.30. The molecule has 1 aromatic heterocycles. The highest BCUT2D eigenvalue weighted by molar-refractivity contribution is 7.09. The predicted molar refractivity (Wildman–Crippen MR) is 72.6 cm³/mol. The molecule has 1 aliphatic heterocycles. The average molecular weight is 268 g/mol. The number of thiazole rings is 1. The van der Waals surface area contributed by atoms with Gasteiger partial charge in [-0.15, -0.1) is 11.3 Å². The van der Waals surface area contributed by atoms with Crippen LogP contribution in [-0.4, -0.2) is 52.9 Å². The fourth-order valence-electron chi connectivity index (χ4n) is 2.13. The Morgan fingerprint density at radius 1 is 1.44 bits per heavy atom. The summed E-state index contributed by atoms with van der Waals surface area (Å²) in [5.74, 6) is -0.442. The number of nitrogens with two attached hydrogens (primary N) is 1. The molecule has 100 valence electrons. The molecule has 0 aromatic carbocycles. The first-order valence-corrected chi connectivity index (χ1v) is 7.15. The third-order valence-corrected chi connectivity index (χ3v) is 4.13. The summed E-state index contributed by atoms with van der Waals surface area (Å²) in [7, 11) is 0. The largest absolute Gasteiger partial charge is 0.364 e. The van der Waals surface area contributed by atoms with Gasteiger partial charge in [-0.2, -0.15) is 0 Å². The molecule has 1 aliphatic rings. The van der Waals surface area contributed by atoms with Crippen molar-refractivity contribution in [3.8, 4) is 0 Å². The standard InChI is InChI=1S/C12H20N4OS/c1-9(2)16-5-3-15(4-6-16)7-11-14-10(8-18-11)12(13)17/h8-9H,3-7H2,1-2H3,(H2,13,17). The van der Waals surface area contributed by atoms with E-state index in [1.54, 1.807) is 5.38 Å². The Balaban J connectivity index is 1.85. The maximum Gasteiger partial charge on any atom is 0.268 e. The van der Waals surface area contributed by atoms with Crippen molar-refractivity contribution < 1.29 is 4.79 Å². The minimum Gasteiger partial charge on any atom is -0.364 e. The summed E-state index contributed by atoms with van der Waals surface area (Å²) in [6, 6.07) is 0.619. The highest BCUT2D eigenvalue weighted by atomic mass is 32.1. The molecule has 1 fully saturated rings. The Hall–Kier alpha value is -0.980. The Labute approximate surface area is 112 Å². The van der Waals surface area contributed by atoms with Gasteiger partial charge in [-0.05, 0) is 13.8 Å². The highest BCUT2D eigenvalue weighted by Crippen LogP contribution is 2.14. The summed E-state index contributed by atoms with van der Waals surface area (Å²) < 4.78 is 0. The lowest BCUT2D eigenvalue weighted by Gasteiger charge is -2.36. The van der Waals surface area contributed by atoms with Gasteiger partial charge in [-0.1, -0.05) is 0 Å². The van der Waals surface area contributed by atoms with Gasteiger partial charge in [0.05, 0.1) is 6.54 Å². The van der Waals surface area contributed by atoms with Crippen molar-refractivity contribution in [2.24, 2.45) is 5.73 Å². The number of carbonyl (C=O) groups is 1. The first-order valence-electron chi connectivity index (χ1n) is 6.27. The zero-order chi connectivity index (χ0) is 13.1. The minimum absolute atomic E-state index is 0.385. The summed E-state index contributed by atoms with van der Waals surface area (Å²) in [5.41, 5.74) is 5.58. The van der Waals surface area contributed by atoms with Gasteiger partial charge < -0.3 is 5.73 Å². The van der Waals surface area contributed by atoms with E-state index in [1.807, 2.05) is 0 Å². The van der Waals surface area contributed by atoms with E-state index in [9.17, 15) is 4.79 Å². The Morgan fingerprint density at radius 2 is 2.11 bits per heavy atom. The molecule has 6 heteroatoms. The minimum atomic E-state index is -0.442. The van der Waals surface area contributed by atoms with Crippen LogP contribution < -0.4 is 5.73 Å². The van der Waals surface area contributed by atoms with Crippen molar-refractivity contribution in [3.63, 3.8) is 0 Å². The number of amides is 1. The summed E-state index contributed by atoms with van der Waals surface area (Å²) in [6.45, 7) is 9.61. The molecule has 0 spiro atoms. The van der Waals surface area contributed by atoms with Crippen LogP contribution in [0.3, 0.4) is 0 Å². The van der Waals surface area contributed by atoms with Crippen LogP contribution in [-0.2, 0) is 6.54 Å². The van der Waals surface area contributed by atoms with Crippen LogP contribution in [0, 0.1) is 0 Å². The molecule has 0 saturated carbocycles. The Kier molecular flexibility index (Phi) is 4.31. The molecular weight excluding hydrogens is 248 g/mol. The van der Waals surface area contributed by atoms with Crippen molar-refractivity contribution in [3.05, 3.63) is 16.1 Å². The van der Waals surface area contributed by atoms with Gasteiger partial charge in [0.15, 0.2) is 0 Å². The van der Waals surface area contributed by atoms with Crippen molar-refractivity contribution >= 4 is 17.2 Å². The van der Waals surface area contributed by atoms with E-state index >= 15 is 0 Å². The van der Waals surface area contributed by atoms with Crippen LogP contribution >= 0.6 is 11.3 Å². The lowest BCUT2D eigenvalue weighted by molar-refractivity contribution is 0.0991. The van der Waals surface area contributed by atoms with Crippen molar-refractivity contribution in [1.29, 1.82) is 0 Å². The zero-order valence-electron chi connectivity index (χ0n) is 10.9. The molecule has 2 rings (SSSR count). The van der Waals surface area contributed by atoms with E-state index in [4.69, 9.17) is 5.73 Å². The van der Waals surface area contributed by atoms with Gasteiger partial charge in [-0.25, -0.2) is 4.98 Å². The summed E-state index contributed by atoms with van der Waals surface area (Å²) in [5, 5.41) is 2.71. The van der Waals surface area contributed by atoms with E-state index in [-0.39, 0.29) is 0 Å². The Bertz CT molecular complexity index is 410. The lowest BCUT2D eigenvalue weighted by Crippen LogP contribution is -2.48. The normalized spacial score (nSPS) is 18.4. The molecule has 0 bridgehead atoms. The summed E-state index contributed by atoms with van der Waals surface area (Å²) >= 11 is 1.51. The van der Waals surface area contributed by atoms with Crippen LogP contribution in [0.2, 0.25) is 0 Å². The van der Waals surface area contributed by atoms with Crippen LogP contribution in [0.4, 0.5) is 0 Å². The molecule has 18 heavy (non-hydrogen) atoms. The van der Waals surface area contributed by atoms with Gasteiger partial charge in [0.1, 0.15) is 10.7 Å². The molecule has 0 unspecified atom stereocenters. The number of primary amides is 1. The van der Waals surface area contributed by atoms with E-state index in [1.165, 1.54) is 11.3 Å². The summed E-state index contributed by atoms with van der Waals surface area (Å²) in [4.78, 5) is 20.1. The van der Waals surface area contributed by atoms with Crippen LogP contribution in [0.1, 0.15) is 29.3 Å². The quantitative estimate of drug-likeness (QED) is 0.876. The number of nitrogens with zero attached hydrogens (tertiary/aromatic N) is 3. The molecule has 0 aliphatic carbocycles.